The van der Waals surface area contributed by atoms with E-state index in [1.54, 1.807) is 0 Å². The summed E-state index contributed by atoms with van der Waals surface area (Å²) in [6.45, 7) is 1.15. The van der Waals surface area contributed by atoms with Gasteiger partial charge in [-0.05, 0) is 12.1 Å². The number of hydrogen-bond donors (Lipinski definition) is 0. The van der Waals surface area contributed by atoms with Crippen LogP contribution in [0.5, 0.6) is 17.2 Å². The SMILES string of the molecule is CC(=O)Oc1cc(Cl)c(Oc2ccc([N+](=O)[O-])c(C(F)(F)F)c2)c(Cl)c1. The van der Waals surface area contributed by atoms with Gasteiger partial charge in [-0.15, -0.1) is 0 Å². The van der Waals surface area contributed by atoms with E-state index >= 15 is 0 Å². The van der Waals surface area contributed by atoms with Gasteiger partial charge in [0, 0.05) is 25.1 Å². The average molecular weight is 410 g/mol. The van der Waals surface area contributed by atoms with E-state index in [1.165, 1.54) is 12.1 Å². The summed E-state index contributed by atoms with van der Waals surface area (Å²) < 4.78 is 49.0. The van der Waals surface area contributed by atoms with Crippen molar-refractivity contribution in [1.29, 1.82) is 0 Å². The molecule has 2 aromatic carbocycles. The number of hydrogen-bond acceptors (Lipinski definition) is 5. The predicted molar refractivity (Wildman–Crippen MR) is 85.9 cm³/mol. The van der Waals surface area contributed by atoms with Gasteiger partial charge >= 0.3 is 12.1 Å². The molecule has 0 saturated carbocycles. The summed E-state index contributed by atoms with van der Waals surface area (Å²) in [5, 5.41) is 10.5. The second kappa shape index (κ2) is 7.38. The first-order valence-electron chi connectivity index (χ1n) is 6.70. The molecule has 0 heterocycles. The van der Waals surface area contributed by atoms with Crippen molar-refractivity contribution in [3.05, 3.63) is 56.1 Å². The fraction of sp³-hybridized carbons (Fsp3) is 0.133. The van der Waals surface area contributed by atoms with Gasteiger partial charge in [0.1, 0.15) is 17.1 Å². The average Bonchev–Trinajstić information content (AvgIpc) is 2.49. The van der Waals surface area contributed by atoms with Gasteiger partial charge in [-0.3, -0.25) is 14.9 Å². The molecular formula is C15H8Cl2F3NO5. The summed E-state index contributed by atoms with van der Waals surface area (Å²) in [5.74, 6) is -1.19. The molecule has 0 amide bonds. The van der Waals surface area contributed by atoms with Gasteiger partial charge in [0.2, 0.25) is 0 Å². The van der Waals surface area contributed by atoms with E-state index in [1.807, 2.05) is 0 Å². The van der Waals surface area contributed by atoms with Crippen LogP contribution in [0, 0.1) is 10.1 Å². The maximum atomic E-state index is 13.0. The zero-order valence-electron chi connectivity index (χ0n) is 12.8. The second-order valence-corrected chi connectivity index (χ2v) is 5.66. The first-order valence-corrected chi connectivity index (χ1v) is 7.45. The van der Waals surface area contributed by atoms with Gasteiger partial charge < -0.3 is 9.47 Å². The number of esters is 1. The maximum absolute atomic E-state index is 13.0. The third-order valence-electron chi connectivity index (χ3n) is 2.92. The number of ether oxygens (including phenoxy) is 2. The van der Waals surface area contributed by atoms with Crippen LogP contribution in [0.15, 0.2) is 30.3 Å². The molecule has 26 heavy (non-hydrogen) atoms. The molecule has 0 unspecified atom stereocenters. The Morgan fingerprint density at radius 2 is 1.69 bits per heavy atom. The summed E-state index contributed by atoms with van der Waals surface area (Å²) in [7, 11) is 0. The minimum Gasteiger partial charge on any atom is -0.454 e. The molecule has 0 fully saturated rings. The Kier molecular flexibility index (Phi) is 5.62. The zero-order chi connectivity index (χ0) is 19.6. The Balaban J connectivity index is 2.43. The standard InChI is InChI=1S/C15H8Cl2F3NO5/c1-7(22)25-9-5-11(16)14(12(17)6-9)26-8-2-3-13(21(23)24)10(4-8)15(18,19)20/h2-6H,1H3. The van der Waals surface area contributed by atoms with Crippen LogP contribution < -0.4 is 9.47 Å². The number of alkyl halides is 3. The Bertz CT molecular complexity index is 863. The number of nitrogens with zero attached hydrogens (tertiary/aromatic N) is 1. The molecule has 0 saturated heterocycles. The molecule has 0 aliphatic carbocycles. The maximum Gasteiger partial charge on any atom is 0.423 e. The number of carbonyl (C=O) groups excluding carboxylic acids is 1. The van der Waals surface area contributed by atoms with Crippen molar-refractivity contribution < 1.29 is 32.4 Å². The third-order valence-corrected chi connectivity index (χ3v) is 3.48. The van der Waals surface area contributed by atoms with Crippen molar-refractivity contribution in [2.24, 2.45) is 0 Å². The van der Waals surface area contributed by atoms with Gasteiger partial charge in [-0.2, -0.15) is 13.2 Å². The van der Waals surface area contributed by atoms with Gasteiger partial charge in [-0.1, -0.05) is 23.2 Å². The highest BCUT2D eigenvalue weighted by atomic mass is 35.5. The number of nitro groups is 1. The minimum atomic E-state index is -4.96. The fourth-order valence-electron chi connectivity index (χ4n) is 1.94. The highest BCUT2D eigenvalue weighted by molar-refractivity contribution is 6.37. The van der Waals surface area contributed by atoms with Crippen LogP contribution in [0.2, 0.25) is 10.0 Å². The molecule has 0 aliphatic rings. The lowest BCUT2D eigenvalue weighted by atomic mass is 10.1. The lowest BCUT2D eigenvalue weighted by molar-refractivity contribution is -0.388. The number of carbonyl (C=O) groups is 1. The van der Waals surface area contributed by atoms with Crippen LogP contribution in [0.25, 0.3) is 0 Å². The molecule has 2 aromatic rings. The quantitative estimate of drug-likeness (QED) is 0.282. The van der Waals surface area contributed by atoms with Crippen LogP contribution >= 0.6 is 23.2 Å². The van der Waals surface area contributed by atoms with E-state index < -0.39 is 28.3 Å². The van der Waals surface area contributed by atoms with Gasteiger partial charge in [0.25, 0.3) is 5.69 Å². The molecule has 138 valence electrons. The fourth-order valence-corrected chi connectivity index (χ4v) is 2.49. The number of benzene rings is 2. The molecule has 11 heteroatoms. The summed E-state index contributed by atoms with van der Waals surface area (Å²) >= 11 is 11.9. The van der Waals surface area contributed by atoms with Crippen molar-refractivity contribution in [2.45, 2.75) is 13.1 Å². The van der Waals surface area contributed by atoms with Gasteiger partial charge in [0.05, 0.1) is 15.0 Å². The Morgan fingerprint density at radius 1 is 1.12 bits per heavy atom. The summed E-state index contributed by atoms with van der Waals surface area (Å²) in [6.07, 6.45) is -4.96. The molecule has 0 atom stereocenters. The van der Waals surface area contributed by atoms with E-state index in [-0.39, 0.29) is 27.3 Å². The molecule has 0 aliphatic heterocycles. The molecule has 6 nitrogen and oxygen atoms in total. The van der Waals surface area contributed by atoms with Crippen molar-refractivity contribution in [2.75, 3.05) is 0 Å². The van der Waals surface area contributed by atoms with Crippen LogP contribution in [0.3, 0.4) is 0 Å². The molecule has 0 N–H and O–H groups in total. The van der Waals surface area contributed by atoms with Crippen LogP contribution in [0.4, 0.5) is 18.9 Å². The van der Waals surface area contributed by atoms with E-state index in [0.29, 0.717) is 12.1 Å². The summed E-state index contributed by atoms with van der Waals surface area (Å²) in [6, 6.07) is 4.46. The smallest absolute Gasteiger partial charge is 0.423 e. The first kappa shape index (κ1) is 19.8. The first-order chi connectivity index (χ1) is 12.0. The highest BCUT2D eigenvalue weighted by Crippen LogP contribution is 2.42. The lowest BCUT2D eigenvalue weighted by Crippen LogP contribution is -2.09. The van der Waals surface area contributed by atoms with Crippen molar-refractivity contribution in [1.82, 2.24) is 0 Å². The van der Waals surface area contributed by atoms with E-state index in [9.17, 15) is 28.1 Å². The molecule has 0 bridgehead atoms. The molecule has 0 aromatic heterocycles. The monoisotopic (exact) mass is 409 g/mol. The van der Waals surface area contributed by atoms with E-state index in [4.69, 9.17) is 32.7 Å². The number of nitro benzene ring substituents is 1. The van der Waals surface area contributed by atoms with Crippen molar-refractivity contribution in [3.63, 3.8) is 0 Å². The third kappa shape index (κ3) is 4.55. The Morgan fingerprint density at radius 3 is 2.15 bits per heavy atom. The topological polar surface area (TPSA) is 78.7 Å². The van der Waals surface area contributed by atoms with Crippen LogP contribution in [-0.2, 0) is 11.0 Å². The largest absolute Gasteiger partial charge is 0.454 e. The number of rotatable bonds is 4. The summed E-state index contributed by atoms with van der Waals surface area (Å²) in [5.41, 5.74) is -2.60. The molecule has 0 radical (unpaired) electrons. The molecule has 2 rings (SSSR count). The lowest BCUT2D eigenvalue weighted by Gasteiger charge is -2.13. The van der Waals surface area contributed by atoms with E-state index in [0.717, 1.165) is 13.0 Å². The van der Waals surface area contributed by atoms with Crippen LogP contribution in [-0.4, -0.2) is 10.9 Å². The van der Waals surface area contributed by atoms with Gasteiger partial charge in [-0.25, -0.2) is 0 Å². The Hall–Kier alpha value is -2.52. The van der Waals surface area contributed by atoms with Crippen molar-refractivity contribution >= 4 is 34.9 Å². The van der Waals surface area contributed by atoms with Crippen molar-refractivity contribution in [3.8, 4) is 17.2 Å². The molecule has 0 spiro atoms. The second-order valence-electron chi connectivity index (χ2n) is 4.85. The van der Waals surface area contributed by atoms with E-state index in [2.05, 4.69) is 0 Å². The van der Waals surface area contributed by atoms with Gasteiger partial charge in [0.15, 0.2) is 5.75 Å². The highest BCUT2D eigenvalue weighted by Gasteiger charge is 2.38. The van der Waals surface area contributed by atoms with Crippen LogP contribution in [0.1, 0.15) is 12.5 Å². The number of halogens is 5. The zero-order valence-corrected chi connectivity index (χ0v) is 14.3. The molecular weight excluding hydrogens is 402 g/mol. The predicted octanol–water partition coefficient (Wildman–Crippen LogP) is 5.64. The minimum absolute atomic E-state index is 0.0135. The normalized spacial score (nSPS) is 11.2. The summed E-state index contributed by atoms with van der Waals surface area (Å²) in [4.78, 5) is 20.5. The Labute approximate surface area is 154 Å².